The molecule has 0 heterocycles. The average molecular weight is 262 g/mol. The normalized spacial score (nSPS) is 10.0. The molecule has 0 saturated heterocycles. The van der Waals surface area contributed by atoms with E-state index in [1.54, 1.807) is 23.1 Å². The van der Waals surface area contributed by atoms with Crippen LogP contribution in [-0.4, -0.2) is 24.1 Å². The van der Waals surface area contributed by atoms with Gasteiger partial charge in [-0.05, 0) is 26.0 Å². The smallest absolute Gasteiger partial charge is 0.409 e. The molecule has 0 atom stereocenters. The van der Waals surface area contributed by atoms with Gasteiger partial charge in [-0.1, -0.05) is 29.3 Å². The quantitative estimate of drug-likeness (QED) is 0.828. The first-order chi connectivity index (χ1) is 7.60. The summed E-state index contributed by atoms with van der Waals surface area (Å²) < 4.78 is 5.14. The molecule has 1 amide bonds. The summed E-state index contributed by atoms with van der Waals surface area (Å²) in [6.45, 7) is 4.94. The highest BCUT2D eigenvalue weighted by Gasteiger charge is 2.14. The monoisotopic (exact) mass is 261 g/mol. The van der Waals surface area contributed by atoms with E-state index in [0.29, 0.717) is 18.1 Å². The molecule has 0 aromatic heterocycles. The van der Waals surface area contributed by atoms with Crippen molar-refractivity contribution in [2.75, 3.05) is 13.1 Å². The zero-order chi connectivity index (χ0) is 12.1. The van der Waals surface area contributed by atoms with Gasteiger partial charge >= 0.3 is 6.09 Å². The van der Waals surface area contributed by atoms with Crippen molar-refractivity contribution in [3.8, 4) is 5.75 Å². The Kier molecular flexibility index (Phi) is 4.90. The highest BCUT2D eigenvalue weighted by atomic mass is 35.5. The van der Waals surface area contributed by atoms with Crippen LogP contribution in [-0.2, 0) is 0 Å². The fourth-order valence-electron chi connectivity index (χ4n) is 1.20. The van der Waals surface area contributed by atoms with Gasteiger partial charge in [0.15, 0.2) is 5.75 Å². The van der Waals surface area contributed by atoms with Gasteiger partial charge in [0.2, 0.25) is 0 Å². The minimum Gasteiger partial charge on any atom is -0.409 e. The van der Waals surface area contributed by atoms with E-state index in [2.05, 4.69) is 0 Å². The molecule has 0 aliphatic rings. The lowest BCUT2D eigenvalue weighted by Gasteiger charge is -2.18. The first-order valence-corrected chi connectivity index (χ1v) is 5.76. The number of rotatable bonds is 3. The van der Waals surface area contributed by atoms with E-state index in [-0.39, 0.29) is 10.8 Å². The molecule has 0 fully saturated rings. The summed E-state index contributed by atoms with van der Waals surface area (Å²) in [5.41, 5.74) is 0. The number of hydrogen-bond donors (Lipinski definition) is 0. The third kappa shape index (κ3) is 3.03. The maximum atomic E-state index is 11.6. The Labute approximate surface area is 105 Å². The van der Waals surface area contributed by atoms with Gasteiger partial charge in [-0.2, -0.15) is 0 Å². The Hall–Kier alpha value is -0.930. The van der Waals surface area contributed by atoms with Crippen LogP contribution in [0.2, 0.25) is 10.0 Å². The summed E-state index contributed by atoms with van der Waals surface area (Å²) in [6, 6.07) is 4.92. The Balaban J connectivity index is 2.80. The van der Waals surface area contributed by atoms with Gasteiger partial charge in [0, 0.05) is 13.1 Å². The third-order valence-electron chi connectivity index (χ3n) is 2.14. The van der Waals surface area contributed by atoms with E-state index < -0.39 is 6.09 Å². The van der Waals surface area contributed by atoms with Crippen LogP contribution in [0, 0.1) is 0 Å². The van der Waals surface area contributed by atoms with Gasteiger partial charge in [0.25, 0.3) is 0 Å². The van der Waals surface area contributed by atoms with Crippen molar-refractivity contribution in [1.29, 1.82) is 0 Å². The summed E-state index contributed by atoms with van der Waals surface area (Å²) in [5, 5.41) is 0.621. The van der Waals surface area contributed by atoms with Crippen LogP contribution in [0.3, 0.4) is 0 Å². The molecule has 0 spiro atoms. The molecule has 16 heavy (non-hydrogen) atoms. The first-order valence-electron chi connectivity index (χ1n) is 5.00. The number of carbonyl (C=O) groups is 1. The van der Waals surface area contributed by atoms with Crippen LogP contribution in [0.1, 0.15) is 13.8 Å². The highest BCUT2D eigenvalue weighted by Crippen LogP contribution is 2.31. The first kappa shape index (κ1) is 13.1. The molecule has 1 aromatic carbocycles. The highest BCUT2D eigenvalue weighted by molar-refractivity contribution is 6.43. The molecule has 0 saturated carbocycles. The van der Waals surface area contributed by atoms with Crippen LogP contribution < -0.4 is 4.74 Å². The SMILES string of the molecule is CCN(CC)C(=O)Oc1cccc(Cl)c1Cl. The lowest BCUT2D eigenvalue weighted by atomic mass is 10.3. The summed E-state index contributed by atoms with van der Waals surface area (Å²) >= 11 is 11.7. The van der Waals surface area contributed by atoms with Gasteiger partial charge in [-0.15, -0.1) is 0 Å². The van der Waals surface area contributed by atoms with E-state index in [9.17, 15) is 4.79 Å². The summed E-state index contributed by atoms with van der Waals surface area (Å²) in [6.07, 6.45) is -0.422. The number of amides is 1. The molecule has 88 valence electrons. The van der Waals surface area contributed by atoms with Crippen molar-refractivity contribution in [2.24, 2.45) is 0 Å². The van der Waals surface area contributed by atoms with Crippen molar-refractivity contribution >= 4 is 29.3 Å². The van der Waals surface area contributed by atoms with Crippen LogP contribution in [0.4, 0.5) is 4.79 Å². The Morgan fingerprint density at radius 2 is 1.94 bits per heavy atom. The lowest BCUT2D eigenvalue weighted by molar-refractivity contribution is 0.157. The minimum absolute atomic E-state index is 0.254. The zero-order valence-electron chi connectivity index (χ0n) is 9.17. The molecule has 0 aliphatic carbocycles. The molecule has 0 aliphatic heterocycles. The second kappa shape index (κ2) is 5.97. The van der Waals surface area contributed by atoms with Crippen molar-refractivity contribution in [2.45, 2.75) is 13.8 Å². The maximum absolute atomic E-state index is 11.6. The fraction of sp³-hybridized carbons (Fsp3) is 0.364. The minimum atomic E-state index is -0.422. The van der Waals surface area contributed by atoms with Crippen LogP contribution in [0.25, 0.3) is 0 Å². The molecule has 3 nitrogen and oxygen atoms in total. The third-order valence-corrected chi connectivity index (χ3v) is 2.94. The second-order valence-corrected chi connectivity index (χ2v) is 3.88. The van der Waals surface area contributed by atoms with Gasteiger partial charge in [-0.25, -0.2) is 4.79 Å². The van der Waals surface area contributed by atoms with Gasteiger partial charge < -0.3 is 9.64 Å². The number of benzene rings is 1. The van der Waals surface area contributed by atoms with Crippen molar-refractivity contribution < 1.29 is 9.53 Å². The molecular weight excluding hydrogens is 249 g/mol. The van der Waals surface area contributed by atoms with Gasteiger partial charge in [0.1, 0.15) is 5.02 Å². The predicted octanol–water partition coefficient (Wildman–Crippen LogP) is 3.83. The molecule has 0 radical (unpaired) electrons. The topological polar surface area (TPSA) is 29.5 Å². The van der Waals surface area contributed by atoms with Gasteiger partial charge in [0.05, 0.1) is 5.02 Å². The van der Waals surface area contributed by atoms with E-state index in [1.807, 2.05) is 13.8 Å². The number of ether oxygens (including phenoxy) is 1. The molecule has 5 heteroatoms. The average Bonchev–Trinajstić information content (AvgIpc) is 2.26. The Bertz CT molecular complexity index is 378. The van der Waals surface area contributed by atoms with E-state index in [1.165, 1.54) is 0 Å². The van der Waals surface area contributed by atoms with Crippen molar-refractivity contribution in [3.63, 3.8) is 0 Å². The number of hydrogen-bond acceptors (Lipinski definition) is 2. The van der Waals surface area contributed by atoms with Crippen molar-refractivity contribution in [3.05, 3.63) is 28.2 Å². The molecule has 0 bridgehead atoms. The van der Waals surface area contributed by atoms with E-state index in [4.69, 9.17) is 27.9 Å². The van der Waals surface area contributed by atoms with Gasteiger partial charge in [-0.3, -0.25) is 0 Å². The lowest BCUT2D eigenvalue weighted by Crippen LogP contribution is -2.33. The molecule has 0 unspecified atom stereocenters. The second-order valence-electron chi connectivity index (χ2n) is 3.09. The van der Waals surface area contributed by atoms with E-state index in [0.717, 1.165) is 0 Å². The predicted molar refractivity (Wildman–Crippen MR) is 65.4 cm³/mol. The number of halogens is 2. The van der Waals surface area contributed by atoms with Crippen LogP contribution in [0.15, 0.2) is 18.2 Å². The standard InChI is InChI=1S/C11H13Cl2NO2/c1-3-14(4-2)11(15)16-9-7-5-6-8(12)10(9)13/h5-7H,3-4H2,1-2H3. The van der Waals surface area contributed by atoms with Crippen LogP contribution in [0.5, 0.6) is 5.75 Å². The summed E-state index contributed by atoms with van der Waals surface area (Å²) in [7, 11) is 0. The largest absolute Gasteiger partial charge is 0.415 e. The Morgan fingerprint density at radius 1 is 1.31 bits per heavy atom. The molecular formula is C11H13Cl2NO2. The van der Waals surface area contributed by atoms with E-state index >= 15 is 0 Å². The summed E-state index contributed by atoms with van der Waals surface area (Å²) in [4.78, 5) is 13.2. The molecule has 1 rings (SSSR count). The van der Waals surface area contributed by atoms with Crippen molar-refractivity contribution in [1.82, 2.24) is 4.90 Å². The molecule has 0 N–H and O–H groups in total. The van der Waals surface area contributed by atoms with Crippen LogP contribution >= 0.6 is 23.2 Å². The number of nitrogens with zero attached hydrogens (tertiary/aromatic N) is 1. The number of carbonyl (C=O) groups excluding carboxylic acids is 1. The molecule has 1 aromatic rings. The summed E-state index contributed by atoms with van der Waals surface area (Å²) in [5.74, 6) is 0.283. The maximum Gasteiger partial charge on any atom is 0.415 e. The Morgan fingerprint density at radius 3 is 2.50 bits per heavy atom. The fourth-order valence-corrected chi connectivity index (χ4v) is 1.53. The zero-order valence-corrected chi connectivity index (χ0v) is 10.7.